The van der Waals surface area contributed by atoms with Crippen LogP contribution in [0.3, 0.4) is 0 Å². The van der Waals surface area contributed by atoms with Crippen LogP contribution in [0.15, 0.2) is 16.7 Å². The average molecular weight is 295 g/mol. The van der Waals surface area contributed by atoms with E-state index in [2.05, 4.69) is 20.9 Å². The summed E-state index contributed by atoms with van der Waals surface area (Å²) in [5.41, 5.74) is 2.73. The van der Waals surface area contributed by atoms with Gasteiger partial charge in [0.25, 0.3) is 0 Å². The zero-order valence-electron chi connectivity index (χ0n) is 9.27. The first-order valence-electron chi connectivity index (χ1n) is 5.49. The van der Waals surface area contributed by atoms with Gasteiger partial charge >= 0.3 is 5.97 Å². The number of hydrogen-bond donors (Lipinski definition) is 1. The normalized spacial score (nSPS) is 15.4. The summed E-state index contributed by atoms with van der Waals surface area (Å²) < 4.78 is 2.52. The van der Waals surface area contributed by atoms with Crippen molar-refractivity contribution in [2.75, 3.05) is 0 Å². The molecule has 88 valence electrons. The van der Waals surface area contributed by atoms with E-state index in [4.69, 9.17) is 0 Å². The third kappa shape index (κ3) is 1.65. The minimum Gasteiger partial charge on any atom is -0.477 e. The summed E-state index contributed by atoms with van der Waals surface area (Å²) in [5, 5.41) is 9.33. The summed E-state index contributed by atoms with van der Waals surface area (Å²) in [6.07, 6.45) is 3.91. The van der Waals surface area contributed by atoms with Crippen molar-refractivity contribution in [2.45, 2.75) is 25.7 Å². The second kappa shape index (κ2) is 3.57. The van der Waals surface area contributed by atoms with Crippen LogP contribution in [-0.4, -0.2) is 20.5 Å². The highest BCUT2D eigenvalue weighted by atomic mass is 79.9. The molecule has 0 bridgehead atoms. The molecule has 2 aromatic rings. The quantitative estimate of drug-likeness (QED) is 0.926. The second-order valence-corrected chi connectivity index (χ2v) is 5.34. The van der Waals surface area contributed by atoms with E-state index in [-0.39, 0.29) is 0 Å². The summed E-state index contributed by atoms with van der Waals surface area (Å²) in [6.45, 7) is 1.94. The number of hydrogen-bond acceptors (Lipinski definition) is 2. The molecule has 0 amide bonds. The Morgan fingerprint density at radius 2 is 2.29 bits per heavy atom. The minimum atomic E-state index is -0.906. The van der Waals surface area contributed by atoms with Gasteiger partial charge in [0.1, 0.15) is 0 Å². The van der Waals surface area contributed by atoms with Crippen LogP contribution in [0.2, 0.25) is 0 Å². The zero-order valence-corrected chi connectivity index (χ0v) is 10.9. The summed E-state index contributed by atoms with van der Waals surface area (Å²) in [7, 11) is 0. The molecule has 4 nitrogen and oxygen atoms in total. The predicted molar refractivity (Wildman–Crippen MR) is 66.6 cm³/mol. The van der Waals surface area contributed by atoms with Gasteiger partial charge in [0.15, 0.2) is 11.3 Å². The van der Waals surface area contributed by atoms with E-state index in [9.17, 15) is 9.90 Å². The number of carboxylic acids is 1. The fraction of sp³-hybridized carbons (Fsp3) is 0.333. The molecular formula is C12H11BrN2O2. The van der Waals surface area contributed by atoms with E-state index in [0.717, 1.165) is 28.6 Å². The third-order valence-corrected chi connectivity index (χ3v) is 3.59. The van der Waals surface area contributed by atoms with Crippen molar-refractivity contribution in [1.82, 2.24) is 9.38 Å². The molecule has 1 saturated carbocycles. The molecule has 0 unspecified atom stereocenters. The van der Waals surface area contributed by atoms with Crippen molar-refractivity contribution >= 4 is 27.5 Å². The second-order valence-electron chi connectivity index (χ2n) is 4.48. The van der Waals surface area contributed by atoms with Gasteiger partial charge in [-0.05, 0) is 47.3 Å². The number of halogens is 1. The third-order valence-electron chi connectivity index (χ3n) is 3.01. The highest BCUT2D eigenvalue weighted by Crippen LogP contribution is 2.42. The van der Waals surface area contributed by atoms with Crippen molar-refractivity contribution in [3.8, 4) is 0 Å². The maximum absolute atomic E-state index is 11.4. The summed E-state index contributed by atoms with van der Waals surface area (Å²) >= 11 is 3.44. The van der Waals surface area contributed by atoms with Crippen LogP contribution in [0.5, 0.6) is 0 Å². The zero-order chi connectivity index (χ0) is 12.2. The van der Waals surface area contributed by atoms with Crippen molar-refractivity contribution in [2.24, 2.45) is 0 Å². The van der Waals surface area contributed by atoms with E-state index in [1.807, 2.05) is 19.2 Å². The maximum atomic E-state index is 11.4. The Labute approximate surface area is 106 Å². The Morgan fingerprint density at radius 3 is 2.88 bits per heavy atom. The first-order valence-corrected chi connectivity index (χ1v) is 6.28. The molecule has 1 fully saturated rings. The van der Waals surface area contributed by atoms with Gasteiger partial charge in [-0.15, -0.1) is 0 Å². The lowest BCUT2D eigenvalue weighted by Gasteiger charge is -2.01. The lowest BCUT2D eigenvalue weighted by molar-refractivity contribution is 0.0688. The van der Waals surface area contributed by atoms with E-state index < -0.39 is 5.97 Å². The minimum absolute atomic E-state index is 0.312. The number of pyridine rings is 1. The van der Waals surface area contributed by atoms with Gasteiger partial charge in [0.2, 0.25) is 0 Å². The molecular weight excluding hydrogens is 284 g/mol. The molecule has 1 aliphatic carbocycles. The lowest BCUT2D eigenvalue weighted by atomic mass is 10.2. The number of aromatic nitrogens is 2. The van der Waals surface area contributed by atoms with Crippen molar-refractivity contribution in [3.05, 3.63) is 33.7 Å². The SMILES string of the molecule is Cc1cc(Br)c2nc(C3CC3)c(C(=O)O)n2c1. The molecule has 0 saturated heterocycles. The van der Waals surface area contributed by atoms with Gasteiger partial charge in [-0.25, -0.2) is 9.78 Å². The molecule has 0 aliphatic heterocycles. The van der Waals surface area contributed by atoms with E-state index in [0.29, 0.717) is 17.3 Å². The van der Waals surface area contributed by atoms with Gasteiger partial charge in [0, 0.05) is 12.1 Å². The maximum Gasteiger partial charge on any atom is 0.354 e. The van der Waals surface area contributed by atoms with Crippen LogP contribution in [0, 0.1) is 6.92 Å². The van der Waals surface area contributed by atoms with E-state index in [1.165, 1.54) is 0 Å². The fourth-order valence-electron chi connectivity index (χ4n) is 2.10. The number of aromatic carboxylic acids is 1. The number of fused-ring (bicyclic) bond motifs is 1. The molecule has 0 spiro atoms. The fourth-order valence-corrected chi connectivity index (χ4v) is 2.74. The number of carbonyl (C=O) groups is 1. The Hall–Kier alpha value is -1.36. The van der Waals surface area contributed by atoms with E-state index in [1.54, 1.807) is 4.40 Å². The van der Waals surface area contributed by atoms with Crippen LogP contribution in [0.4, 0.5) is 0 Å². The van der Waals surface area contributed by atoms with Crippen LogP contribution in [0.25, 0.3) is 5.65 Å². The molecule has 5 heteroatoms. The Balaban J connectivity index is 2.38. The topological polar surface area (TPSA) is 54.6 Å². The smallest absolute Gasteiger partial charge is 0.354 e. The molecule has 0 atom stereocenters. The first kappa shape index (κ1) is 10.8. The van der Waals surface area contributed by atoms with Crippen LogP contribution >= 0.6 is 15.9 Å². The summed E-state index contributed by atoms with van der Waals surface area (Å²) in [4.78, 5) is 15.8. The van der Waals surface area contributed by atoms with Crippen LogP contribution in [-0.2, 0) is 0 Å². The Bertz CT molecular complexity index is 629. The van der Waals surface area contributed by atoms with Crippen LogP contribution in [0.1, 0.15) is 40.5 Å². The number of rotatable bonds is 2. The number of imidazole rings is 1. The highest BCUT2D eigenvalue weighted by Gasteiger charge is 2.32. The van der Waals surface area contributed by atoms with Crippen molar-refractivity contribution in [3.63, 3.8) is 0 Å². The number of aryl methyl sites for hydroxylation is 1. The van der Waals surface area contributed by atoms with Gasteiger partial charge in [-0.2, -0.15) is 0 Å². The molecule has 3 rings (SSSR count). The molecule has 1 N–H and O–H groups in total. The van der Waals surface area contributed by atoms with Crippen molar-refractivity contribution in [1.29, 1.82) is 0 Å². The molecule has 2 heterocycles. The van der Waals surface area contributed by atoms with E-state index >= 15 is 0 Å². The molecule has 0 radical (unpaired) electrons. The predicted octanol–water partition coefficient (Wildman–Crippen LogP) is 2.98. The Kier molecular flexibility index (Phi) is 2.26. The number of nitrogens with zero attached hydrogens (tertiary/aromatic N) is 2. The average Bonchev–Trinajstić information content (AvgIpc) is 2.99. The van der Waals surface area contributed by atoms with Gasteiger partial charge in [0.05, 0.1) is 10.2 Å². The Morgan fingerprint density at radius 1 is 1.59 bits per heavy atom. The molecule has 2 aromatic heterocycles. The highest BCUT2D eigenvalue weighted by molar-refractivity contribution is 9.10. The first-order chi connectivity index (χ1) is 8.08. The largest absolute Gasteiger partial charge is 0.477 e. The van der Waals surface area contributed by atoms with Crippen molar-refractivity contribution < 1.29 is 9.90 Å². The molecule has 17 heavy (non-hydrogen) atoms. The summed E-state index contributed by atoms with van der Waals surface area (Å²) in [5.74, 6) is -0.579. The van der Waals surface area contributed by atoms with Gasteiger partial charge < -0.3 is 5.11 Å². The number of carboxylic acid groups (broad SMARTS) is 1. The molecule has 1 aliphatic rings. The van der Waals surface area contributed by atoms with Crippen LogP contribution < -0.4 is 0 Å². The standard InChI is InChI=1S/C12H11BrN2O2/c1-6-4-8(13)11-14-9(7-2-3-7)10(12(16)17)15(11)5-6/h4-5,7H,2-3H2,1H3,(H,16,17). The lowest BCUT2D eigenvalue weighted by Crippen LogP contribution is -2.05. The summed E-state index contributed by atoms with van der Waals surface area (Å²) in [6, 6.07) is 1.95. The molecule has 0 aromatic carbocycles. The van der Waals surface area contributed by atoms with Gasteiger partial charge in [-0.1, -0.05) is 0 Å². The van der Waals surface area contributed by atoms with Gasteiger partial charge in [-0.3, -0.25) is 4.40 Å². The monoisotopic (exact) mass is 294 g/mol.